The molecule has 1 heterocycles. The predicted octanol–water partition coefficient (Wildman–Crippen LogP) is 2.57. The molecule has 1 aromatic rings. The topological polar surface area (TPSA) is 41.1 Å². The smallest absolute Gasteiger partial charge is 0.237 e. The molecule has 0 saturated carbocycles. The number of carbonyl (C=O) groups excluding carboxylic acids is 1. The first-order valence-electron chi connectivity index (χ1n) is 7.38. The molecule has 0 spiro atoms. The van der Waals surface area contributed by atoms with Crippen LogP contribution in [-0.4, -0.2) is 18.0 Å². The standard InChI is InChI=1S/C16H22N2O.H2/c1-11-9-10-15(17-11)16(19)18-14-8-4-6-12-5-2-3-7-13(12)14;/h2-3,5,7,11,14-15,17H,4,6,8-10H2,1H3,(H,18,19);1H/t11?,14-,15?;/m1./s1. The number of nitrogens with one attached hydrogen (secondary N) is 2. The highest BCUT2D eigenvalue weighted by molar-refractivity contribution is 5.82. The minimum absolute atomic E-state index is 0. The first-order valence-corrected chi connectivity index (χ1v) is 7.38. The lowest BCUT2D eigenvalue weighted by molar-refractivity contribution is -0.123. The third-order valence-electron chi connectivity index (χ3n) is 4.38. The fourth-order valence-electron chi connectivity index (χ4n) is 3.31. The van der Waals surface area contributed by atoms with E-state index < -0.39 is 0 Å². The largest absolute Gasteiger partial charge is 0.348 e. The van der Waals surface area contributed by atoms with E-state index in [4.69, 9.17) is 0 Å². The van der Waals surface area contributed by atoms with Gasteiger partial charge in [-0.25, -0.2) is 0 Å². The summed E-state index contributed by atoms with van der Waals surface area (Å²) in [6, 6.07) is 9.17. The van der Waals surface area contributed by atoms with E-state index in [2.05, 4.69) is 41.8 Å². The van der Waals surface area contributed by atoms with Crippen molar-refractivity contribution in [2.24, 2.45) is 0 Å². The minimum atomic E-state index is 0. The Morgan fingerprint density at radius 3 is 2.95 bits per heavy atom. The van der Waals surface area contributed by atoms with Gasteiger partial charge in [-0.15, -0.1) is 0 Å². The Bertz CT molecular complexity index is 477. The summed E-state index contributed by atoms with van der Waals surface area (Å²) in [6.07, 6.45) is 5.42. The van der Waals surface area contributed by atoms with E-state index in [-0.39, 0.29) is 19.4 Å². The van der Waals surface area contributed by atoms with Crippen molar-refractivity contribution in [2.45, 2.75) is 57.2 Å². The van der Waals surface area contributed by atoms with Gasteiger partial charge in [0.1, 0.15) is 0 Å². The predicted molar refractivity (Wildman–Crippen MR) is 78.0 cm³/mol. The van der Waals surface area contributed by atoms with Crippen LogP contribution in [0.5, 0.6) is 0 Å². The fraction of sp³-hybridized carbons (Fsp3) is 0.562. The molecule has 1 aliphatic heterocycles. The quantitative estimate of drug-likeness (QED) is 0.858. The first kappa shape index (κ1) is 12.7. The number of rotatable bonds is 2. The lowest BCUT2D eigenvalue weighted by Gasteiger charge is -2.27. The van der Waals surface area contributed by atoms with Crippen LogP contribution in [0.15, 0.2) is 24.3 Å². The summed E-state index contributed by atoms with van der Waals surface area (Å²) in [7, 11) is 0. The van der Waals surface area contributed by atoms with Crippen molar-refractivity contribution < 1.29 is 6.22 Å². The van der Waals surface area contributed by atoms with Gasteiger partial charge in [-0.05, 0) is 50.2 Å². The molecule has 0 aromatic heterocycles. The Balaban J connectivity index is 0.00000147. The van der Waals surface area contributed by atoms with Gasteiger partial charge in [0, 0.05) is 7.47 Å². The average molecular weight is 260 g/mol. The van der Waals surface area contributed by atoms with E-state index in [0.717, 1.165) is 32.1 Å². The molecule has 3 atom stereocenters. The average Bonchev–Trinajstić information content (AvgIpc) is 2.86. The van der Waals surface area contributed by atoms with Gasteiger partial charge in [0.15, 0.2) is 0 Å². The lowest BCUT2D eigenvalue weighted by atomic mass is 9.87. The SMILES string of the molecule is CC1CCC(C(=O)N[C@@H]2CCCc3ccccc32)N1.[HH]. The Morgan fingerprint density at radius 1 is 1.32 bits per heavy atom. The second kappa shape index (κ2) is 5.33. The zero-order valence-electron chi connectivity index (χ0n) is 11.5. The van der Waals surface area contributed by atoms with E-state index in [0.29, 0.717) is 6.04 Å². The Morgan fingerprint density at radius 2 is 2.16 bits per heavy atom. The summed E-state index contributed by atoms with van der Waals surface area (Å²) in [5, 5.41) is 6.59. The van der Waals surface area contributed by atoms with E-state index in [9.17, 15) is 4.79 Å². The Hall–Kier alpha value is -1.35. The van der Waals surface area contributed by atoms with Gasteiger partial charge in [0.25, 0.3) is 0 Å². The van der Waals surface area contributed by atoms with Crippen molar-refractivity contribution in [2.75, 3.05) is 0 Å². The van der Waals surface area contributed by atoms with Crippen molar-refractivity contribution in [3.63, 3.8) is 0 Å². The summed E-state index contributed by atoms with van der Waals surface area (Å²) < 4.78 is 0. The van der Waals surface area contributed by atoms with Crippen LogP contribution in [0.25, 0.3) is 0 Å². The third kappa shape index (κ3) is 2.66. The molecule has 2 aliphatic rings. The van der Waals surface area contributed by atoms with Gasteiger partial charge in [-0.2, -0.15) is 0 Å². The second-order valence-electron chi connectivity index (χ2n) is 5.85. The molecule has 3 rings (SSSR count). The molecule has 2 N–H and O–H groups in total. The van der Waals surface area contributed by atoms with Gasteiger partial charge in [-0.1, -0.05) is 24.3 Å². The second-order valence-corrected chi connectivity index (χ2v) is 5.85. The molecule has 2 unspecified atom stereocenters. The van der Waals surface area contributed by atoms with Gasteiger partial charge in [0.2, 0.25) is 5.91 Å². The maximum absolute atomic E-state index is 12.3. The van der Waals surface area contributed by atoms with Crippen LogP contribution in [0, 0.1) is 0 Å². The molecule has 0 radical (unpaired) electrons. The molecule has 3 heteroatoms. The van der Waals surface area contributed by atoms with Crippen molar-refractivity contribution in [1.82, 2.24) is 10.6 Å². The van der Waals surface area contributed by atoms with Gasteiger partial charge >= 0.3 is 0 Å². The first-order chi connectivity index (χ1) is 9.24. The molecule has 104 valence electrons. The van der Waals surface area contributed by atoms with Crippen LogP contribution in [0.4, 0.5) is 0 Å². The summed E-state index contributed by atoms with van der Waals surface area (Å²) in [5.74, 6) is 0.172. The van der Waals surface area contributed by atoms with E-state index >= 15 is 0 Å². The molecule has 1 saturated heterocycles. The number of hydrogen-bond acceptors (Lipinski definition) is 2. The number of benzene rings is 1. The maximum Gasteiger partial charge on any atom is 0.237 e. The number of fused-ring (bicyclic) bond motifs is 1. The van der Waals surface area contributed by atoms with Gasteiger partial charge in [0.05, 0.1) is 12.1 Å². The summed E-state index contributed by atoms with van der Waals surface area (Å²) in [4.78, 5) is 12.3. The summed E-state index contributed by atoms with van der Waals surface area (Å²) in [6.45, 7) is 2.14. The maximum atomic E-state index is 12.3. The molecule has 3 nitrogen and oxygen atoms in total. The molecule has 1 aliphatic carbocycles. The zero-order valence-corrected chi connectivity index (χ0v) is 11.5. The van der Waals surface area contributed by atoms with Crippen LogP contribution < -0.4 is 10.6 Å². The molecule has 1 fully saturated rings. The van der Waals surface area contributed by atoms with Gasteiger partial charge in [-0.3, -0.25) is 4.79 Å². The molecular formula is C16H24N2O. The number of aryl methyl sites for hydroxylation is 1. The fourth-order valence-corrected chi connectivity index (χ4v) is 3.31. The van der Waals surface area contributed by atoms with Crippen LogP contribution in [0.1, 0.15) is 51.2 Å². The van der Waals surface area contributed by atoms with Crippen LogP contribution in [-0.2, 0) is 11.2 Å². The number of amides is 1. The highest BCUT2D eigenvalue weighted by Crippen LogP contribution is 2.29. The Labute approximate surface area is 116 Å². The zero-order chi connectivity index (χ0) is 13.2. The van der Waals surface area contributed by atoms with Crippen molar-refractivity contribution in [3.05, 3.63) is 35.4 Å². The van der Waals surface area contributed by atoms with Crippen molar-refractivity contribution in [1.29, 1.82) is 0 Å². The minimum Gasteiger partial charge on any atom is -0.348 e. The van der Waals surface area contributed by atoms with Crippen molar-refractivity contribution >= 4 is 5.91 Å². The number of carbonyl (C=O) groups is 1. The van der Waals surface area contributed by atoms with E-state index in [1.165, 1.54) is 11.1 Å². The Kier molecular flexibility index (Phi) is 3.56. The van der Waals surface area contributed by atoms with E-state index in [1.54, 1.807) is 0 Å². The van der Waals surface area contributed by atoms with Crippen LogP contribution in [0.3, 0.4) is 0 Å². The summed E-state index contributed by atoms with van der Waals surface area (Å²) in [5.41, 5.74) is 2.71. The van der Waals surface area contributed by atoms with Crippen LogP contribution in [0.2, 0.25) is 0 Å². The highest BCUT2D eigenvalue weighted by Gasteiger charge is 2.29. The lowest BCUT2D eigenvalue weighted by Crippen LogP contribution is -2.44. The molecule has 1 aromatic carbocycles. The van der Waals surface area contributed by atoms with Crippen molar-refractivity contribution in [3.8, 4) is 0 Å². The van der Waals surface area contributed by atoms with E-state index in [1.807, 2.05) is 0 Å². The molecule has 1 amide bonds. The molecular weight excluding hydrogens is 236 g/mol. The monoisotopic (exact) mass is 260 g/mol. The highest BCUT2D eigenvalue weighted by atomic mass is 16.2. The summed E-state index contributed by atoms with van der Waals surface area (Å²) >= 11 is 0. The normalized spacial score (nSPS) is 29.8. The van der Waals surface area contributed by atoms with Crippen LogP contribution >= 0.6 is 0 Å². The molecule has 0 bridgehead atoms. The van der Waals surface area contributed by atoms with Gasteiger partial charge < -0.3 is 10.6 Å². The number of hydrogen-bond donors (Lipinski definition) is 2. The molecule has 19 heavy (non-hydrogen) atoms. The third-order valence-corrected chi connectivity index (χ3v) is 4.38.